The summed E-state index contributed by atoms with van der Waals surface area (Å²) in [4.78, 5) is 2.21. The van der Waals surface area contributed by atoms with Gasteiger partial charge in [0, 0.05) is 19.6 Å². The maximum absolute atomic E-state index is 10.1. The molecule has 1 fully saturated rings. The Morgan fingerprint density at radius 2 is 1.80 bits per heavy atom. The zero-order valence-electron chi connectivity index (χ0n) is 12.7. The summed E-state index contributed by atoms with van der Waals surface area (Å²) in [7, 11) is 0. The summed E-state index contributed by atoms with van der Waals surface area (Å²) in [5, 5.41) is 10.1. The Bertz CT molecular complexity index is 418. The fourth-order valence-electron chi connectivity index (χ4n) is 2.71. The minimum absolute atomic E-state index is 0.335. The molecule has 1 aromatic carbocycles. The molecule has 0 bridgehead atoms. The van der Waals surface area contributed by atoms with Crippen molar-refractivity contribution in [2.24, 2.45) is 0 Å². The van der Waals surface area contributed by atoms with E-state index >= 15 is 0 Å². The summed E-state index contributed by atoms with van der Waals surface area (Å²) in [6.45, 7) is 10.4. The third kappa shape index (κ3) is 4.20. The number of rotatable bonds is 5. The largest absolute Gasteiger partial charge is 0.490 e. The number of hydrogen-bond donors (Lipinski definition) is 1. The summed E-state index contributed by atoms with van der Waals surface area (Å²) < 4.78 is 11.1. The van der Waals surface area contributed by atoms with Crippen LogP contribution in [-0.2, 0) is 4.74 Å². The normalized spacial score (nSPS) is 18.0. The minimum atomic E-state index is -0.465. The summed E-state index contributed by atoms with van der Waals surface area (Å²) in [6, 6.07) is 4.22. The Morgan fingerprint density at radius 1 is 1.20 bits per heavy atom. The van der Waals surface area contributed by atoms with Crippen LogP contribution in [0.3, 0.4) is 0 Å². The van der Waals surface area contributed by atoms with E-state index in [4.69, 9.17) is 9.47 Å². The molecule has 112 valence electrons. The van der Waals surface area contributed by atoms with Crippen molar-refractivity contribution in [1.29, 1.82) is 0 Å². The second-order valence-electron chi connectivity index (χ2n) is 5.61. The molecule has 4 heteroatoms. The molecule has 4 nitrogen and oxygen atoms in total. The molecule has 1 atom stereocenters. The number of aliphatic hydroxyl groups is 1. The highest BCUT2D eigenvalue weighted by Gasteiger charge is 2.16. The highest BCUT2D eigenvalue weighted by molar-refractivity contribution is 5.42. The lowest BCUT2D eigenvalue weighted by atomic mass is 10.1. The van der Waals surface area contributed by atoms with E-state index in [9.17, 15) is 5.11 Å². The molecule has 0 radical (unpaired) electrons. The predicted octanol–water partition coefficient (Wildman–Crippen LogP) is 1.68. The van der Waals surface area contributed by atoms with Gasteiger partial charge in [0.2, 0.25) is 0 Å². The number of morpholine rings is 1. The predicted molar refractivity (Wildman–Crippen MR) is 79.4 cm³/mol. The van der Waals surface area contributed by atoms with E-state index in [0.29, 0.717) is 13.2 Å². The fraction of sp³-hybridized carbons (Fsp3) is 0.625. The fourth-order valence-corrected chi connectivity index (χ4v) is 2.71. The lowest BCUT2D eigenvalue weighted by Crippen LogP contribution is -2.42. The summed E-state index contributed by atoms with van der Waals surface area (Å²) >= 11 is 0. The van der Waals surface area contributed by atoms with Gasteiger partial charge >= 0.3 is 0 Å². The molecule has 0 aliphatic carbocycles. The molecular weight excluding hydrogens is 254 g/mol. The van der Waals surface area contributed by atoms with Crippen molar-refractivity contribution in [2.75, 3.05) is 39.5 Å². The van der Waals surface area contributed by atoms with Gasteiger partial charge in [-0.3, -0.25) is 4.90 Å². The average Bonchev–Trinajstić information content (AvgIpc) is 2.38. The number of aliphatic hydroxyl groups excluding tert-OH is 1. The summed E-state index contributed by atoms with van der Waals surface area (Å²) in [5.74, 6) is 0.900. The van der Waals surface area contributed by atoms with Gasteiger partial charge in [0.15, 0.2) is 0 Å². The van der Waals surface area contributed by atoms with E-state index < -0.39 is 6.10 Å². The lowest BCUT2D eigenvalue weighted by molar-refractivity contribution is 0.00454. The highest BCUT2D eigenvalue weighted by Crippen LogP contribution is 2.24. The Morgan fingerprint density at radius 3 is 2.40 bits per heavy atom. The van der Waals surface area contributed by atoms with E-state index in [0.717, 1.165) is 43.2 Å². The van der Waals surface area contributed by atoms with E-state index in [2.05, 4.69) is 24.0 Å². The zero-order chi connectivity index (χ0) is 14.5. The molecule has 20 heavy (non-hydrogen) atoms. The van der Waals surface area contributed by atoms with Crippen molar-refractivity contribution in [2.45, 2.75) is 26.9 Å². The number of nitrogens with zero attached hydrogens (tertiary/aromatic N) is 1. The standard InChI is InChI=1S/C16H25NO3/c1-12-8-13(2)16(14(3)9-12)20-11-15(18)10-17-4-6-19-7-5-17/h8-9,15,18H,4-7,10-11H2,1-3H3/t15-/m0/s1. The lowest BCUT2D eigenvalue weighted by Gasteiger charge is -2.28. The van der Waals surface area contributed by atoms with Gasteiger partial charge in [-0.2, -0.15) is 0 Å². The molecule has 0 amide bonds. The molecule has 0 unspecified atom stereocenters. The van der Waals surface area contributed by atoms with Crippen molar-refractivity contribution in [3.63, 3.8) is 0 Å². The van der Waals surface area contributed by atoms with Crippen LogP contribution < -0.4 is 4.74 Å². The van der Waals surface area contributed by atoms with Gasteiger partial charge in [-0.05, 0) is 31.9 Å². The monoisotopic (exact) mass is 279 g/mol. The van der Waals surface area contributed by atoms with Gasteiger partial charge in [-0.25, -0.2) is 0 Å². The van der Waals surface area contributed by atoms with Gasteiger partial charge in [-0.1, -0.05) is 17.7 Å². The van der Waals surface area contributed by atoms with Gasteiger partial charge in [0.25, 0.3) is 0 Å². The van der Waals surface area contributed by atoms with Crippen molar-refractivity contribution in [3.8, 4) is 5.75 Å². The van der Waals surface area contributed by atoms with Crippen LogP contribution >= 0.6 is 0 Å². The van der Waals surface area contributed by atoms with Gasteiger partial charge in [0.05, 0.1) is 13.2 Å². The SMILES string of the molecule is Cc1cc(C)c(OC[C@@H](O)CN2CCOCC2)c(C)c1. The minimum Gasteiger partial charge on any atom is -0.490 e. The molecular formula is C16H25NO3. The maximum atomic E-state index is 10.1. The van der Waals surface area contributed by atoms with Gasteiger partial charge < -0.3 is 14.6 Å². The van der Waals surface area contributed by atoms with Crippen LogP contribution in [0.2, 0.25) is 0 Å². The van der Waals surface area contributed by atoms with E-state index in [1.165, 1.54) is 5.56 Å². The van der Waals surface area contributed by atoms with Crippen molar-refractivity contribution in [1.82, 2.24) is 4.90 Å². The molecule has 2 rings (SSSR count). The second kappa shape index (κ2) is 7.07. The smallest absolute Gasteiger partial charge is 0.125 e. The van der Waals surface area contributed by atoms with Gasteiger partial charge in [-0.15, -0.1) is 0 Å². The number of aryl methyl sites for hydroxylation is 3. The Labute approximate surface area is 121 Å². The van der Waals surface area contributed by atoms with Crippen LogP contribution in [0.25, 0.3) is 0 Å². The first kappa shape index (κ1) is 15.3. The summed E-state index contributed by atoms with van der Waals surface area (Å²) in [5.41, 5.74) is 3.49. The molecule has 1 aliphatic rings. The number of hydrogen-bond acceptors (Lipinski definition) is 4. The Hall–Kier alpha value is -1.10. The first-order valence-electron chi connectivity index (χ1n) is 7.25. The zero-order valence-corrected chi connectivity index (χ0v) is 12.7. The average molecular weight is 279 g/mol. The van der Waals surface area contributed by atoms with Crippen LogP contribution in [0.15, 0.2) is 12.1 Å². The molecule has 0 aromatic heterocycles. The molecule has 1 heterocycles. The molecule has 1 saturated heterocycles. The number of β-amino-alcohol motifs (C(OH)–C–C–N with tert-alkyl or cyclic N) is 1. The van der Waals surface area contributed by atoms with Crippen LogP contribution in [0.4, 0.5) is 0 Å². The van der Waals surface area contributed by atoms with Crippen LogP contribution in [0, 0.1) is 20.8 Å². The summed E-state index contributed by atoms with van der Waals surface area (Å²) in [6.07, 6.45) is -0.465. The van der Waals surface area contributed by atoms with E-state index in [-0.39, 0.29) is 0 Å². The molecule has 1 aromatic rings. The Kier molecular flexibility index (Phi) is 5.40. The number of benzene rings is 1. The topological polar surface area (TPSA) is 41.9 Å². The second-order valence-corrected chi connectivity index (χ2v) is 5.61. The first-order valence-corrected chi connectivity index (χ1v) is 7.25. The van der Waals surface area contributed by atoms with E-state index in [1.54, 1.807) is 0 Å². The Balaban J connectivity index is 1.85. The third-order valence-electron chi connectivity index (χ3n) is 3.60. The highest BCUT2D eigenvalue weighted by atomic mass is 16.5. The molecule has 1 N–H and O–H groups in total. The quantitative estimate of drug-likeness (QED) is 0.890. The van der Waals surface area contributed by atoms with Crippen LogP contribution in [-0.4, -0.2) is 55.6 Å². The van der Waals surface area contributed by atoms with Crippen molar-refractivity contribution < 1.29 is 14.6 Å². The first-order chi connectivity index (χ1) is 9.56. The van der Waals surface area contributed by atoms with Crippen molar-refractivity contribution in [3.05, 3.63) is 28.8 Å². The molecule has 0 saturated carbocycles. The number of ether oxygens (including phenoxy) is 2. The van der Waals surface area contributed by atoms with Crippen LogP contribution in [0.1, 0.15) is 16.7 Å². The van der Waals surface area contributed by atoms with Gasteiger partial charge in [0.1, 0.15) is 18.5 Å². The van der Waals surface area contributed by atoms with E-state index in [1.807, 2.05) is 13.8 Å². The van der Waals surface area contributed by atoms with Crippen LogP contribution in [0.5, 0.6) is 5.75 Å². The maximum Gasteiger partial charge on any atom is 0.125 e. The molecule has 0 spiro atoms. The van der Waals surface area contributed by atoms with Crippen molar-refractivity contribution >= 4 is 0 Å². The third-order valence-corrected chi connectivity index (χ3v) is 3.60. The molecule has 1 aliphatic heterocycles.